The third-order valence-electron chi connectivity index (χ3n) is 3.88. The van der Waals surface area contributed by atoms with Crippen LogP contribution in [0, 0.1) is 6.92 Å². The lowest BCUT2D eigenvalue weighted by Gasteiger charge is -2.32. The second kappa shape index (κ2) is 5.53. The third-order valence-corrected chi connectivity index (χ3v) is 4.54. The monoisotopic (exact) mass is 344 g/mol. The van der Waals surface area contributed by atoms with Gasteiger partial charge in [-0.15, -0.1) is 0 Å². The van der Waals surface area contributed by atoms with Crippen LogP contribution in [0.2, 0.25) is 0 Å². The van der Waals surface area contributed by atoms with E-state index in [1.54, 1.807) is 4.90 Å². The van der Waals surface area contributed by atoms with Gasteiger partial charge in [0.1, 0.15) is 0 Å². The molecule has 0 fully saturated rings. The van der Waals surface area contributed by atoms with Crippen LogP contribution < -0.4 is 10.2 Å². The summed E-state index contributed by atoms with van der Waals surface area (Å²) in [5.41, 5.74) is 4.35. The molecular weight excluding hydrogens is 328 g/mol. The number of aryl methyl sites for hydroxylation is 1. The van der Waals surface area contributed by atoms with Crippen LogP contribution in [0.3, 0.4) is 0 Å². The summed E-state index contributed by atoms with van der Waals surface area (Å²) in [5.74, 6) is 0.134. The zero-order valence-electron chi connectivity index (χ0n) is 12.1. The Balaban J connectivity index is 1.96. The van der Waals surface area contributed by atoms with E-state index in [1.165, 1.54) is 5.56 Å². The Bertz CT molecular complexity index is 699. The second-order valence-corrected chi connectivity index (χ2v) is 6.25. The van der Waals surface area contributed by atoms with Crippen molar-refractivity contribution < 1.29 is 4.79 Å². The quantitative estimate of drug-likeness (QED) is 0.881. The fourth-order valence-electron chi connectivity index (χ4n) is 2.70. The average Bonchev–Trinajstić information content (AvgIpc) is 2.47. The zero-order chi connectivity index (χ0) is 15.0. The maximum atomic E-state index is 12.2. The van der Waals surface area contributed by atoms with Gasteiger partial charge in [0.15, 0.2) is 0 Å². The molecule has 0 aliphatic carbocycles. The predicted molar refractivity (Wildman–Crippen MR) is 89.7 cm³/mol. The zero-order valence-corrected chi connectivity index (χ0v) is 13.6. The molecule has 0 saturated carbocycles. The van der Waals surface area contributed by atoms with Crippen LogP contribution in [0.5, 0.6) is 0 Å². The molecule has 1 N–H and O–H groups in total. The highest BCUT2D eigenvalue weighted by Gasteiger charge is 2.28. The van der Waals surface area contributed by atoms with E-state index in [4.69, 9.17) is 0 Å². The second-order valence-electron chi connectivity index (χ2n) is 5.40. The van der Waals surface area contributed by atoms with Crippen molar-refractivity contribution in [1.82, 2.24) is 0 Å². The van der Waals surface area contributed by atoms with Crippen molar-refractivity contribution in [2.45, 2.75) is 19.4 Å². The minimum atomic E-state index is 0.00362. The first-order valence-corrected chi connectivity index (χ1v) is 7.74. The number of hydrogen-bond donors (Lipinski definition) is 1. The summed E-state index contributed by atoms with van der Waals surface area (Å²) in [6.07, 6.45) is 0.466. The SMILES string of the molecule is Cc1ccc(NC2CC(=O)N(C)c3ccccc32)c(Br)c1. The Labute approximate surface area is 133 Å². The summed E-state index contributed by atoms with van der Waals surface area (Å²) in [5, 5.41) is 3.49. The van der Waals surface area contributed by atoms with E-state index in [2.05, 4.69) is 46.4 Å². The number of nitrogens with zero attached hydrogens (tertiary/aromatic N) is 1. The van der Waals surface area contributed by atoms with Gasteiger partial charge >= 0.3 is 0 Å². The van der Waals surface area contributed by atoms with Crippen LogP contribution in [-0.2, 0) is 4.79 Å². The largest absolute Gasteiger partial charge is 0.377 e. The van der Waals surface area contributed by atoms with Gasteiger partial charge < -0.3 is 10.2 Å². The van der Waals surface area contributed by atoms with Gasteiger partial charge in [-0.1, -0.05) is 24.3 Å². The van der Waals surface area contributed by atoms with Gasteiger partial charge in [-0.3, -0.25) is 4.79 Å². The molecule has 1 amide bonds. The Hall–Kier alpha value is -1.81. The van der Waals surface area contributed by atoms with Crippen molar-refractivity contribution >= 4 is 33.2 Å². The van der Waals surface area contributed by atoms with Crippen LogP contribution in [0.1, 0.15) is 23.6 Å². The number of halogens is 1. The summed E-state index contributed by atoms with van der Waals surface area (Å²) in [7, 11) is 1.83. The smallest absolute Gasteiger partial charge is 0.229 e. The van der Waals surface area contributed by atoms with Gasteiger partial charge in [0.25, 0.3) is 0 Å². The molecule has 1 atom stereocenters. The summed E-state index contributed by atoms with van der Waals surface area (Å²) >= 11 is 3.58. The number of carbonyl (C=O) groups is 1. The molecule has 0 saturated heterocycles. The highest BCUT2D eigenvalue weighted by molar-refractivity contribution is 9.10. The summed E-state index contributed by atoms with van der Waals surface area (Å²) < 4.78 is 1.02. The van der Waals surface area contributed by atoms with E-state index in [0.717, 1.165) is 21.4 Å². The van der Waals surface area contributed by atoms with Gasteiger partial charge in [-0.2, -0.15) is 0 Å². The Kier molecular flexibility index (Phi) is 3.72. The van der Waals surface area contributed by atoms with Crippen molar-refractivity contribution in [2.75, 3.05) is 17.3 Å². The molecule has 0 spiro atoms. The highest BCUT2D eigenvalue weighted by Crippen LogP contribution is 2.37. The van der Waals surface area contributed by atoms with E-state index in [0.29, 0.717) is 6.42 Å². The Morgan fingerprint density at radius 2 is 2.00 bits per heavy atom. The maximum Gasteiger partial charge on any atom is 0.229 e. The first kappa shape index (κ1) is 14.1. The molecule has 3 rings (SSSR count). The lowest BCUT2D eigenvalue weighted by Crippen LogP contribution is -2.35. The van der Waals surface area contributed by atoms with Crippen molar-refractivity contribution in [1.29, 1.82) is 0 Å². The number of benzene rings is 2. The van der Waals surface area contributed by atoms with E-state index >= 15 is 0 Å². The van der Waals surface area contributed by atoms with E-state index in [9.17, 15) is 4.79 Å². The summed E-state index contributed by atoms with van der Waals surface area (Å²) in [4.78, 5) is 13.9. The first-order chi connectivity index (χ1) is 10.1. The van der Waals surface area contributed by atoms with Gasteiger partial charge in [0, 0.05) is 22.9 Å². The highest BCUT2D eigenvalue weighted by atomic mass is 79.9. The van der Waals surface area contributed by atoms with E-state index < -0.39 is 0 Å². The van der Waals surface area contributed by atoms with Crippen LogP contribution >= 0.6 is 15.9 Å². The molecule has 1 unspecified atom stereocenters. The van der Waals surface area contributed by atoms with Gasteiger partial charge in [0.05, 0.1) is 12.5 Å². The lowest BCUT2D eigenvalue weighted by atomic mass is 9.96. The number of nitrogens with one attached hydrogen (secondary N) is 1. The number of hydrogen-bond acceptors (Lipinski definition) is 2. The molecule has 0 radical (unpaired) electrons. The van der Waals surface area contributed by atoms with Crippen LogP contribution in [-0.4, -0.2) is 13.0 Å². The number of carbonyl (C=O) groups excluding carboxylic acids is 1. The number of anilines is 2. The lowest BCUT2D eigenvalue weighted by molar-refractivity contribution is -0.118. The summed E-state index contributed by atoms with van der Waals surface area (Å²) in [6.45, 7) is 2.06. The maximum absolute atomic E-state index is 12.2. The van der Waals surface area contributed by atoms with Crippen molar-refractivity contribution in [3.63, 3.8) is 0 Å². The fraction of sp³-hybridized carbons (Fsp3) is 0.235. The molecule has 0 aromatic heterocycles. The predicted octanol–water partition coefficient (Wildman–Crippen LogP) is 4.28. The van der Waals surface area contributed by atoms with Gasteiger partial charge in [-0.25, -0.2) is 0 Å². The molecule has 4 heteroatoms. The molecule has 3 nitrogen and oxygen atoms in total. The number of amides is 1. The normalized spacial score (nSPS) is 17.6. The molecule has 2 aromatic rings. The average molecular weight is 345 g/mol. The van der Waals surface area contributed by atoms with Crippen LogP contribution in [0.25, 0.3) is 0 Å². The molecule has 0 bridgehead atoms. The molecular formula is C17H17BrN2O. The van der Waals surface area contributed by atoms with Crippen LogP contribution in [0.15, 0.2) is 46.9 Å². The molecule has 1 heterocycles. The molecule has 21 heavy (non-hydrogen) atoms. The standard InChI is InChI=1S/C17H17BrN2O/c1-11-7-8-14(13(18)9-11)19-15-10-17(21)20(2)16-6-4-3-5-12(15)16/h3-9,15,19H,10H2,1-2H3. The molecule has 2 aromatic carbocycles. The number of rotatable bonds is 2. The van der Waals surface area contributed by atoms with Crippen molar-refractivity contribution in [3.05, 3.63) is 58.1 Å². The Morgan fingerprint density at radius 3 is 2.76 bits per heavy atom. The first-order valence-electron chi connectivity index (χ1n) is 6.94. The van der Waals surface area contributed by atoms with Crippen molar-refractivity contribution in [3.8, 4) is 0 Å². The molecule has 1 aliphatic heterocycles. The number of fused-ring (bicyclic) bond motifs is 1. The Morgan fingerprint density at radius 1 is 1.24 bits per heavy atom. The molecule has 108 valence electrons. The minimum Gasteiger partial charge on any atom is -0.377 e. The van der Waals surface area contributed by atoms with Gasteiger partial charge in [0.2, 0.25) is 5.91 Å². The third kappa shape index (κ3) is 2.68. The number of para-hydroxylation sites is 1. The molecule has 1 aliphatic rings. The van der Waals surface area contributed by atoms with E-state index in [-0.39, 0.29) is 11.9 Å². The van der Waals surface area contributed by atoms with Crippen molar-refractivity contribution in [2.24, 2.45) is 0 Å². The van der Waals surface area contributed by atoms with Gasteiger partial charge in [-0.05, 0) is 52.2 Å². The van der Waals surface area contributed by atoms with Crippen LogP contribution in [0.4, 0.5) is 11.4 Å². The minimum absolute atomic E-state index is 0.00362. The fourth-order valence-corrected chi connectivity index (χ4v) is 3.30. The topological polar surface area (TPSA) is 32.3 Å². The van der Waals surface area contributed by atoms with E-state index in [1.807, 2.05) is 31.3 Å². The summed E-state index contributed by atoms with van der Waals surface area (Å²) in [6, 6.07) is 14.2.